The van der Waals surface area contributed by atoms with Gasteiger partial charge in [-0.05, 0) is 0 Å². The maximum absolute atomic E-state index is 12.8. The quantitative estimate of drug-likeness (QED) is 0.415. The summed E-state index contributed by atoms with van der Waals surface area (Å²) in [6.07, 6.45) is -7.78. The molecule has 0 aliphatic carbocycles. The largest absolute Gasteiger partial charge is 0.460 e. The molecule has 0 aromatic carbocycles. The van der Waals surface area contributed by atoms with Crippen molar-refractivity contribution in [1.82, 2.24) is 5.73 Å². The summed E-state index contributed by atoms with van der Waals surface area (Å²) in [6, 6.07) is -7.31. The van der Waals surface area contributed by atoms with Gasteiger partial charge in [0.25, 0.3) is 0 Å². The number of alkyl halides is 17. The van der Waals surface area contributed by atoms with Crippen LogP contribution < -0.4 is 5.73 Å². The Balaban J connectivity index is 6.61. The number of rotatable bonds is 6. The second kappa shape index (κ2) is 5.63. The van der Waals surface area contributed by atoms with Gasteiger partial charge in [-0.25, -0.2) is 0 Å². The highest BCUT2D eigenvalue weighted by Crippen LogP contribution is 2.63. The summed E-state index contributed by atoms with van der Waals surface area (Å²) >= 11 is 0. The zero-order valence-corrected chi connectivity index (χ0v) is 10.9. The van der Waals surface area contributed by atoms with Gasteiger partial charge in [0.05, 0.1) is 0 Å². The van der Waals surface area contributed by atoms with Gasteiger partial charge in [-0.3, -0.25) is 0 Å². The molecule has 2 radical (unpaired) electrons. The summed E-state index contributed by atoms with van der Waals surface area (Å²) < 4.78 is 210. The summed E-state index contributed by atoms with van der Waals surface area (Å²) in [4.78, 5) is 0. The fourth-order valence-electron chi connectivity index (χ4n) is 1.16. The highest BCUT2D eigenvalue weighted by molar-refractivity contribution is 5.14. The Kier molecular flexibility index (Phi) is 5.37. The third-order valence-electron chi connectivity index (χ3n) is 2.71. The van der Waals surface area contributed by atoms with E-state index in [0.29, 0.717) is 0 Å². The molecule has 0 spiro atoms. The van der Waals surface area contributed by atoms with Crippen molar-refractivity contribution in [3.05, 3.63) is 0 Å². The summed E-state index contributed by atoms with van der Waals surface area (Å²) in [6.45, 7) is 0. The van der Waals surface area contributed by atoms with Crippen molar-refractivity contribution in [1.29, 1.82) is 0 Å². The predicted molar refractivity (Wildman–Crippen MR) is 42.8 cm³/mol. The van der Waals surface area contributed by atoms with Crippen LogP contribution in [0, 0.1) is 0 Å². The van der Waals surface area contributed by atoms with Crippen molar-refractivity contribution in [2.75, 3.05) is 0 Å². The van der Waals surface area contributed by atoms with E-state index in [2.05, 4.69) is 0 Å². The molecular weight excluding hydrogens is 433 g/mol. The van der Waals surface area contributed by atoms with Crippen LogP contribution in [0.1, 0.15) is 0 Å². The lowest BCUT2D eigenvalue weighted by atomic mass is 9.90. The Hall–Kier alpha value is -1.23. The van der Waals surface area contributed by atoms with Crippen molar-refractivity contribution in [3.63, 3.8) is 0 Å². The molecule has 0 bridgehead atoms. The molecule has 0 fully saturated rings. The first-order valence-corrected chi connectivity index (χ1v) is 5.19. The fourth-order valence-corrected chi connectivity index (χ4v) is 1.16. The molecule has 18 heteroatoms. The van der Waals surface area contributed by atoms with E-state index < -0.39 is 47.8 Å². The van der Waals surface area contributed by atoms with E-state index in [9.17, 15) is 74.6 Å². The van der Waals surface area contributed by atoms with Gasteiger partial charge in [-0.1, -0.05) is 5.73 Å². The van der Waals surface area contributed by atoms with Gasteiger partial charge < -0.3 is 0 Å². The molecule has 0 atom stereocenters. The van der Waals surface area contributed by atoms with Gasteiger partial charge in [0, 0.05) is 0 Å². The molecule has 0 aliphatic heterocycles. The molecule has 0 saturated heterocycles. The van der Waals surface area contributed by atoms with Crippen molar-refractivity contribution in [2.45, 2.75) is 47.8 Å². The SMILES string of the molecule is [N]C(F)(F)C(F)(F)C(F)(F)C(F)(F)C(F)(F)C(F)(F)C(F)(F)C(F)(F)F. The molecule has 26 heavy (non-hydrogen) atoms. The van der Waals surface area contributed by atoms with Crippen LogP contribution in [-0.4, -0.2) is 47.8 Å². The summed E-state index contributed by atoms with van der Waals surface area (Å²) in [5.74, 6) is -50.5. The second-order valence-corrected chi connectivity index (χ2v) is 4.49. The van der Waals surface area contributed by atoms with E-state index in [-0.39, 0.29) is 0 Å². The van der Waals surface area contributed by atoms with Crippen LogP contribution in [0.3, 0.4) is 0 Å². The molecular formula is C8F17N. The van der Waals surface area contributed by atoms with Crippen LogP contribution in [-0.2, 0) is 0 Å². The molecule has 0 N–H and O–H groups in total. The lowest BCUT2D eigenvalue weighted by molar-refractivity contribution is -0.461. The van der Waals surface area contributed by atoms with Crippen molar-refractivity contribution >= 4 is 0 Å². The zero-order valence-electron chi connectivity index (χ0n) is 10.9. The highest BCUT2D eigenvalue weighted by Gasteiger charge is 2.95. The molecule has 0 rings (SSSR count). The summed E-state index contributed by atoms with van der Waals surface area (Å²) in [7, 11) is 0. The number of hydrogen-bond donors (Lipinski definition) is 0. The smallest absolute Gasteiger partial charge is 0.192 e. The minimum atomic E-state index is -8.67. The van der Waals surface area contributed by atoms with Crippen LogP contribution in [0.25, 0.3) is 0 Å². The average Bonchev–Trinajstić information content (AvgIpc) is 2.34. The summed E-state index contributed by atoms with van der Waals surface area (Å²) in [5, 5.41) is 0. The van der Waals surface area contributed by atoms with Crippen LogP contribution in [0.4, 0.5) is 74.6 Å². The Morgan fingerprint density at radius 2 is 0.500 bits per heavy atom. The third kappa shape index (κ3) is 2.83. The van der Waals surface area contributed by atoms with Crippen LogP contribution in [0.2, 0.25) is 0 Å². The highest BCUT2D eigenvalue weighted by atomic mass is 19.4. The van der Waals surface area contributed by atoms with Gasteiger partial charge in [0.1, 0.15) is 0 Å². The fraction of sp³-hybridized carbons (Fsp3) is 1.00. The van der Waals surface area contributed by atoms with Gasteiger partial charge in [0.15, 0.2) is 0 Å². The molecule has 0 aromatic heterocycles. The number of halogens is 17. The van der Waals surface area contributed by atoms with Crippen LogP contribution in [0.15, 0.2) is 0 Å². The standard InChI is InChI=1S/C8F17N/c9-1(10,3(13,14)5(17,18)7(21,22)23)2(11,12)4(15,16)6(19,20)8(24,25)26. The molecule has 0 aliphatic rings. The Bertz CT molecular complexity index is 474. The monoisotopic (exact) mass is 433 g/mol. The first-order valence-electron chi connectivity index (χ1n) is 5.19. The molecule has 156 valence electrons. The van der Waals surface area contributed by atoms with E-state index in [4.69, 9.17) is 5.73 Å². The van der Waals surface area contributed by atoms with Crippen molar-refractivity contribution < 1.29 is 74.6 Å². The molecule has 0 amide bonds. The van der Waals surface area contributed by atoms with E-state index in [1.807, 2.05) is 0 Å². The maximum atomic E-state index is 12.8. The second-order valence-electron chi connectivity index (χ2n) is 4.49. The topological polar surface area (TPSA) is 22.3 Å². The first-order chi connectivity index (χ1) is 10.8. The van der Waals surface area contributed by atoms with Gasteiger partial charge in [-0.15, -0.1) is 0 Å². The number of nitrogens with zero attached hydrogens (tertiary/aromatic N) is 1. The average molecular weight is 433 g/mol. The lowest BCUT2D eigenvalue weighted by Crippen LogP contribution is -2.74. The van der Waals surface area contributed by atoms with E-state index >= 15 is 0 Å². The predicted octanol–water partition coefficient (Wildman–Crippen LogP) is 5.02. The molecule has 0 heterocycles. The molecule has 0 saturated carbocycles. The third-order valence-corrected chi connectivity index (χ3v) is 2.71. The minimum absolute atomic E-state index is 7.31. The van der Waals surface area contributed by atoms with Crippen LogP contribution in [0.5, 0.6) is 0 Å². The molecule has 0 unspecified atom stereocenters. The minimum Gasteiger partial charge on any atom is -0.192 e. The first kappa shape index (κ1) is 24.8. The van der Waals surface area contributed by atoms with Gasteiger partial charge in [0.2, 0.25) is 0 Å². The van der Waals surface area contributed by atoms with E-state index in [1.165, 1.54) is 0 Å². The number of hydrogen-bond acceptors (Lipinski definition) is 0. The summed E-state index contributed by atoms with van der Waals surface area (Å²) in [5.41, 5.74) is 7.34. The zero-order chi connectivity index (χ0) is 22.0. The van der Waals surface area contributed by atoms with Gasteiger partial charge in [-0.2, -0.15) is 74.6 Å². The van der Waals surface area contributed by atoms with Gasteiger partial charge >= 0.3 is 47.8 Å². The van der Waals surface area contributed by atoms with Crippen molar-refractivity contribution in [2.24, 2.45) is 0 Å². The Morgan fingerprint density at radius 3 is 0.692 bits per heavy atom. The molecule has 1 nitrogen and oxygen atoms in total. The maximum Gasteiger partial charge on any atom is 0.460 e. The Morgan fingerprint density at radius 1 is 0.308 bits per heavy atom. The van der Waals surface area contributed by atoms with E-state index in [0.717, 1.165) is 0 Å². The molecule has 0 aromatic rings. The normalized spacial score (nSPS) is 16.8. The lowest BCUT2D eigenvalue weighted by Gasteiger charge is -2.41. The Labute approximate surface area is 129 Å². The van der Waals surface area contributed by atoms with E-state index in [1.54, 1.807) is 0 Å². The van der Waals surface area contributed by atoms with Crippen molar-refractivity contribution in [3.8, 4) is 0 Å². The van der Waals surface area contributed by atoms with Crippen LogP contribution >= 0.6 is 0 Å².